The van der Waals surface area contributed by atoms with Crippen molar-refractivity contribution in [1.82, 2.24) is 5.32 Å². The largest absolute Gasteiger partial charge is 0.464 e. The Labute approximate surface area is 113 Å². The normalized spacial score (nSPS) is 12.8. The Morgan fingerprint density at radius 3 is 2.21 bits per heavy atom. The first-order valence-corrected chi connectivity index (χ1v) is 8.00. The lowest BCUT2D eigenvalue weighted by molar-refractivity contribution is -0.146. The van der Waals surface area contributed by atoms with Gasteiger partial charge in [0.1, 0.15) is 6.04 Å². The fourth-order valence-electron chi connectivity index (χ4n) is 1.44. The molecule has 0 radical (unpaired) electrons. The van der Waals surface area contributed by atoms with E-state index in [9.17, 15) is 14.2 Å². The van der Waals surface area contributed by atoms with Crippen LogP contribution in [0, 0.1) is 0 Å². The van der Waals surface area contributed by atoms with E-state index in [0.29, 0.717) is 6.41 Å². The van der Waals surface area contributed by atoms with E-state index < -0.39 is 19.6 Å². The van der Waals surface area contributed by atoms with Crippen molar-refractivity contribution in [2.45, 2.75) is 33.2 Å². The lowest BCUT2D eigenvalue weighted by Crippen LogP contribution is -2.38. The molecule has 0 fully saturated rings. The molecule has 0 aromatic rings. The van der Waals surface area contributed by atoms with E-state index in [-0.39, 0.29) is 32.4 Å². The van der Waals surface area contributed by atoms with Gasteiger partial charge in [0.25, 0.3) is 0 Å². The van der Waals surface area contributed by atoms with Gasteiger partial charge in [0.2, 0.25) is 6.41 Å². The van der Waals surface area contributed by atoms with Crippen molar-refractivity contribution in [1.29, 1.82) is 0 Å². The highest BCUT2D eigenvalue weighted by molar-refractivity contribution is 7.53. The van der Waals surface area contributed by atoms with Gasteiger partial charge >= 0.3 is 13.6 Å². The van der Waals surface area contributed by atoms with E-state index in [0.717, 1.165) is 0 Å². The molecule has 7 nitrogen and oxygen atoms in total. The summed E-state index contributed by atoms with van der Waals surface area (Å²) in [4.78, 5) is 22.0. The van der Waals surface area contributed by atoms with Crippen LogP contribution in [-0.4, -0.2) is 44.4 Å². The predicted molar refractivity (Wildman–Crippen MR) is 70.0 cm³/mol. The van der Waals surface area contributed by atoms with Crippen LogP contribution in [0.3, 0.4) is 0 Å². The number of esters is 1. The van der Waals surface area contributed by atoms with Crippen LogP contribution in [0.2, 0.25) is 0 Å². The maximum Gasteiger partial charge on any atom is 0.330 e. The molecule has 19 heavy (non-hydrogen) atoms. The quantitative estimate of drug-likeness (QED) is 0.351. The number of carbonyl (C=O) groups excluding carboxylic acids is 2. The first-order chi connectivity index (χ1) is 9.02. The van der Waals surface area contributed by atoms with Crippen molar-refractivity contribution in [3.8, 4) is 0 Å². The zero-order valence-electron chi connectivity index (χ0n) is 11.6. The molecular formula is C11H22NO6P. The molecule has 1 unspecified atom stereocenters. The summed E-state index contributed by atoms with van der Waals surface area (Å²) < 4.78 is 27.2. The van der Waals surface area contributed by atoms with Gasteiger partial charge in [0, 0.05) is 0 Å². The van der Waals surface area contributed by atoms with Crippen LogP contribution in [0.5, 0.6) is 0 Å². The fraction of sp³-hybridized carbons (Fsp3) is 0.818. The summed E-state index contributed by atoms with van der Waals surface area (Å²) in [6, 6.07) is -0.841. The first kappa shape index (κ1) is 18.1. The number of hydrogen-bond donors (Lipinski definition) is 1. The third-order valence-corrected chi connectivity index (χ3v) is 4.29. The Bertz CT molecular complexity index is 312. The molecule has 0 saturated carbocycles. The molecule has 0 aromatic heterocycles. The molecule has 1 amide bonds. The Hall–Kier alpha value is -0.910. The molecule has 0 bridgehead atoms. The zero-order valence-corrected chi connectivity index (χ0v) is 12.5. The minimum absolute atomic E-state index is 0.0407. The Balaban J connectivity index is 4.53. The number of ether oxygens (including phenoxy) is 1. The number of carbonyl (C=O) groups is 2. The highest BCUT2D eigenvalue weighted by Gasteiger charge is 2.28. The number of amides is 1. The van der Waals surface area contributed by atoms with Crippen molar-refractivity contribution in [2.75, 3.05) is 26.0 Å². The minimum atomic E-state index is -3.22. The van der Waals surface area contributed by atoms with Gasteiger partial charge in [-0.15, -0.1) is 0 Å². The van der Waals surface area contributed by atoms with Crippen molar-refractivity contribution >= 4 is 20.0 Å². The highest BCUT2D eigenvalue weighted by Crippen LogP contribution is 2.48. The standard InChI is InChI=1S/C11H22NO6P/c1-4-16-11(14)10(12-9-13)7-8-19(15,17-5-2)18-6-3/h9-10H,4-8H2,1-3H3,(H,12,13). The minimum Gasteiger partial charge on any atom is -0.464 e. The molecular weight excluding hydrogens is 273 g/mol. The smallest absolute Gasteiger partial charge is 0.330 e. The van der Waals surface area contributed by atoms with Crippen LogP contribution in [0.15, 0.2) is 0 Å². The van der Waals surface area contributed by atoms with E-state index in [2.05, 4.69) is 5.32 Å². The van der Waals surface area contributed by atoms with Crippen molar-refractivity contribution in [2.24, 2.45) is 0 Å². The van der Waals surface area contributed by atoms with E-state index in [1.165, 1.54) is 0 Å². The third kappa shape index (κ3) is 7.30. The molecule has 0 aliphatic heterocycles. The molecule has 112 valence electrons. The van der Waals surface area contributed by atoms with E-state index in [1.54, 1.807) is 20.8 Å². The van der Waals surface area contributed by atoms with Gasteiger partial charge in [-0.3, -0.25) is 9.36 Å². The molecule has 0 heterocycles. The van der Waals surface area contributed by atoms with Crippen LogP contribution < -0.4 is 5.32 Å². The molecule has 1 N–H and O–H groups in total. The molecule has 0 aliphatic carbocycles. The van der Waals surface area contributed by atoms with Crippen LogP contribution in [0.4, 0.5) is 0 Å². The lowest BCUT2D eigenvalue weighted by atomic mass is 10.2. The van der Waals surface area contributed by atoms with Gasteiger partial charge in [-0.1, -0.05) is 0 Å². The molecule has 0 spiro atoms. The molecule has 0 aliphatic rings. The Kier molecular flexibility index (Phi) is 9.47. The predicted octanol–water partition coefficient (Wildman–Crippen LogP) is 1.32. The number of rotatable bonds is 11. The molecule has 0 aromatic carbocycles. The van der Waals surface area contributed by atoms with Crippen LogP contribution in [0.1, 0.15) is 27.2 Å². The second-order valence-electron chi connectivity index (χ2n) is 3.55. The van der Waals surface area contributed by atoms with Gasteiger partial charge in [-0.05, 0) is 27.2 Å². The Morgan fingerprint density at radius 1 is 1.21 bits per heavy atom. The van der Waals surface area contributed by atoms with Crippen molar-refractivity contribution in [3.05, 3.63) is 0 Å². The van der Waals surface area contributed by atoms with Gasteiger partial charge in [-0.2, -0.15) is 0 Å². The van der Waals surface area contributed by atoms with Crippen LogP contribution >= 0.6 is 7.60 Å². The molecule has 0 saturated heterocycles. The summed E-state index contributed by atoms with van der Waals surface area (Å²) in [6.45, 7) is 5.80. The maximum atomic E-state index is 12.2. The second-order valence-corrected chi connectivity index (χ2v) is 5.73. The summed E-state index contributed by atoms with van der Waals surface area (Å²) in [5.74, 6) is -0.561. The second kappa shape index (κ2) is 9.95. The first-order valence-electron chi connectivity index (χ1n) is 6.27. The average molecular weight is 295 g/mol. The third-order valence-electron chi connectivity index (χ3n) is 2.18. The monoisotopic (exact) mass is 295 g/mol. The summed E-state index contributed by atoms with van der Waals surface area (Å²) in [5, 5.41) is 2.34. The van der Waals surface area contributed by atoms with Crippen molar-refractivity contribution in [3.63, 3.8) is 0 Å². The van der Waals surface area contributed by atoms with E-state index in [4.69, 9.17) is 13.8 Å². The fourth-order valence-corrected chi connectivity index (χ4v) is 3.14. The summed E-state index contributed by atoms with van der Waals surface area (Å²) in [6.07, 6.45) is 0.585. The summed E-state index contributed by atoms with van der Waals surface area (Å²) >= 11 is 0. The summed E-state index contributed by atoms with van der Waals surface area (Å²) in [7, 11) is -3.22. The van der Waals surface area contributed by atoms with Crippen molar-refractivity contribution < 1.29 is 27.9 Å². The Morgan fingerprint density at radius 2 is 1.79 bits per heavy atom. The summed E-state index contributed by atoms with van der Waals surface area (Å²) in [5.41, 5.74) is 0. The molecule has 8 heteroatoms. The van der Waals surface area contributed by atoms with E-state index in [1.807, 2.05) is 0 Å². The average Bonchev–Trinajstić information content (AvgIpc) is 2.35. The van der Waals surface area contributed by atoms with Gasteiger partial charge in [-0.25, -0.2) is 4.79 Å². The number of nitrogens with one attached hydrogen (secondary N) is 1. The van der Waals surface area contributed by atoms with Gasteiger partial charge in [0.15, 0.2) is 0 Å². The van der Waals surface area contributed by atoms with E-state index >= 15 is 0 Å². The van der Waals surface area contributed by atoms with Crippen LogP contribution in [0.25, 0.3) is 0 Å². The highest BCUT2D eigenvalue weighted by atomic mass is 31.2. The topological polar surface area (TPSA) is 90.9 Å². The van der Waals surface area contributed by atoms with Crippen LogP contribution in [-0.2, 0) is 27.9 Å². The molecule has 0 rings (SSSR count). The maximum absolute atomic E-state index is 12.2. The number of hydrogen-bond acceptors (Lipinski definition) is 6. The van der Waals surface area contributed by atoms with Gasteiger partial charge in [0.05, 0.1) is 26.0 Å². The zero-order chi connectivity index (χ0) is 14.7. The van der Waals surface area contributed by atoms with Gasteiger partial charge < -0.3 is 19.1 Å². The SMILES string of the molecule is CCOC(=O)C(CCP(=O)(OCC)OCC)NC=O. The lowest BCUT2D eigenvalue weighted by Gasteiger charge is -2.19. The molecule has 1 atom stereocenters.